The van der Waals surface area contributed by atoms with Crippen molar-refractivity contribution < 1.29 is 9.13 Å². The second-order valence-corrected chi connectivity index (χ2v) is 7.00. The summed E-state index contributed by atoms with van der Waals surface area (Å²) in [5, 5.41) is 6.62. The number of nitrogens with zero attached hydrogens (tertiary/aromatic N) is 2. The van der Waals surface area contributed by atoms with Gasteiger partial charge in [0.15, 0.2) is 5.96 Å². The maximum Gasteiger partial charge on any atom is 0.191 e. The number of aliphatic imine (C=N–C) groups is 1. The molecule has 5 nitrogen and oxygen atoms in total. The Morgan fingerprint density at radius 3 is 2.73 bits per heavy atom. The van der Waals surface area contributed by atoms with Gasteiger partial charge < -0.3 is 15.4 Å². The van der Waals surface area contributed by atoms with Gasteiger partial charge in [0.1, 0.15) is 5.82 Å². The van der Waals surface area contributed by atoms with Crippen LogP contribution in [-0.4, -0.2) is 62.8 Å². The van der Waals surface area contributed by atoms with Gasteiger partial charge in [0.05, 0.1) is 24.2 Å². The highest BCUT2D eigenvalue weighted by molar-refractivity contribution is 14.0. The third kappa shape index (κ3) is 8.06. The van der Waals surface area contributed by atoms with Gasteiger partial charge in [-0.2, -0.15) is 0 Å². The smallest absolute Gasteiger partial charge is 0.191 e. The minimum absolute atomic E-state index is 0. The van der Waals surface area contributed by atoms with E-state index in [1.807, 2.05) is 12.1 Å². The Morgan fingerprint density at radius 1 is 1.35 bits per heavy atom. The maximum atomic E-state index is 13.3. The molecule has 1 unspecified atom stereocenters. The lowest BCUT2D eigenvalue weighted by Crippen LogP contribution is -2.44. The van der Waals surface area contributed by atoms with Crippen molar-refractivity contribution in [2.45, 2.75) is 26.3 Å². The number of rotatable bonds is 7. The summed E-state index contributed by atoms with van der Waals surface area (Å²) >= 11 is 3.23. The molecule has 2 N–H and O–H groups in total. The Bertz CT molecular complexity index is 570. The molecule has 0 radical (unpaired) electrons. The van der Waals surface area contributed by atoms with Crippen LogP contribution < -0.4 is 10.6 Å². The molecule has 26 heavy (non-hydrogen) atoms. The van der Waals surface area contributed by atoms with Crippen molar-refractivity contribution in [1.29, 1.82) is 0 Å². The van der Waals surface area contributed by atoms with Crippen LogP contribution in [0.3, 0.4) is 0 Å². The van der Waals surface area contributed by atoms with E-state index >= 15 is 0 Å². The molecule has 1 aliphatic rings. The van der Waals surface area contributed by atoms with Gasteiger partial charge in [-0.05, 0) is 53.9 Å². The van der Waals surface area contributed by atoms with Crippen molar-refractivity contribution in [2.24, 2.45) is 4.99 Å². The fourth-order valence-corrected chi connectivity index (χ4v) is 3.15. The van der Waals surface area contributed by atoms with Crippen LogP contribution in [0.5, 0.6) is 0 Å². The molecule has 1 aromatic rings. The average Bonchev–Trinajstić information content (AvgIpc) is 2.63. The number of guanidine groups is 1. The van der Waals surface area contributed by atoms with Gasteiger partial charge in [-0.1, -0.05) is 6.07 Å². The van der Waals surface area contributed by atoms with Crippen LogP contribution in [0.2, 0.25) is 0 Å². The second kappa shape index (κ2) is 12.9. The number of morpholine rings is 1. The third-order valence-corrected chi connectivity index (χ3v) is 4.82. The van der Waals surface area contributed by atoms with Crippen molar-refractivity contribution >= 4 is 45.9 Å². The minimum Gasteiger partial charge on any atom is -0.379 e. The second-order valence-electron chi connectivity index (χ2n) is 6.14. The van der Waals surface area contributed by atoms with Crippen LogP contribution in [0.25, 0.3) is 0 Å². The van der Waals surface area contributed by atoms with Gasteiger partial charge in [0, 0.05) is 32.2 Å². The Balaban J connectivity index is 0.00000338. The normalized spacial score (nSPS) is 16.7. The molecule has 0 aliphatic carbocycles. The molecular formula is C18H29BrFIN4O. The van der Waals surface area contributed by atoms with E-state index in [9.17, 15) is 4.39 Å². The lowest BCUT2D eigenvalue weighted by Gasteiger charge is -2.31. The summed E-state index contributed by atoms with van der Waals surface area (Å²) in [6.45, 7) is 10.1. The summed E-state index contributed by atoms with van der Waals surface area (Å²) in [5.41, 5.74) is 1.08. The van der Waals surface area contributed by atoms with E-state index in [0.717, 1.165) is 63.9 Å². The monoisotopic (exact) mass is 542 g/mol. The fourth-order valence-electron chi connectivity index (χ4n) is 2.72. The van der Waals surface area contributed by atoms with Crippen molar-refractivity contribution in [2.75, 3.05) is 45.9 Å². The van der Waals surface area contributed by atoms with E-state index in [0.29, 0.717) is 10.5 Å². The Kier molecular flexibility index (Phi) is 11.7. The van der Waals surface area contributed by atoms with E-state index in [4.69, 9.17) is 9.73 Å². The molecule has 8 heteroatoms. The minimum atomic E-state index is -0.233. The zero-order valence-corrected chi connectivity index (χ0v) is 19.3. The van der Waals surface area contributed by atoms with E-state index in [2.05, 4.69) is 45.3 Å². The molecule has 0 amide bonds. The highest BCUT2D eigenvalue weighted by atomic mass is 127. The molecule has 1 atom stereocenters. The molecule has 0 saturated carbocycles. The van der Waals surface area contributed by atoms with Gasteiger partial charge in [-0.3, -0.25) is 9.89 Å². The van der Waals surface area contributed by atoms with Crippen molar-refractivity contribution in [3.63, 3.8) is 0 Å². The molecule has 1 fully saturated rings. The molecule has 1 heterocycles. The van der Waals surface area contributed by atoms with Gasteiger partial charge in [-0.15, -0.1) is 24.0 Å². The Morgan fingerprint density at radius 2 is 2.08 bits per heavy atom. The standard InChI is InChI=1S/C18H28BrFN4O.HI/c1-3-21-18(23-13-14(2)24-8-10-25-11-9-24)22-7-6-15-4-5-17(20)16(19)12-15;/h4-5,12,14H,3,6-11,13H2,1-2H3,(H2,21,22,23);1H. The fraction of sp³-hybridized carbons (Fsp3) is 0.611. The van der Waals surface area contributed by atoms with Crippen LogP contribution in [0, 0.1) is 5.82 Å². The molecule has 1 aromatic carbocycles. The van der Waals surface area contributed by atoms with Gasteiger partial charge in [-0.25, -0.2) is 4.39 Å². The quantitative estimate of drug-likeness (QED) is 0.316. The van der Waals surface area contributed by atoms with Crippen molar-refractivity contribution in [3.8, 4) is 0 Å². The zero-order chi connectivity index (χ0) is 18.1. The van der Waals surface area contributed by atoms with Gasteiger partial charge in [0.2, 0.25) is 0 Å². The number of ether oxygens (including phenoxy) is 1. The molecule has 1 aliphatic heterocycles. The molecule has 0 bridgehead atoms. The van der Waals surface area contributed by atoms with E-state index < -0.39 is 0 Å². The lowest BCUT2D eigenvalue weighted by atomic mass is 10.1. The number of nitrogens with one attached hydrogen (secondary N) is 2. The topological polar surface area (TPSA) is 48.9 Å². The SMILES string of the molecule is CCNC(=NCC(C)N1CCOCC1)NCCc1ccc(F)c(Br)c1.I. The Hall–Kier alpha value is -0.450. The molecule has 1 saturated heterocycles. The summed E-state index contributed by atoms with van der Waals surface area (Å²) in [5.74, 6) is 0.590. The zero-order valence-electron chi connectivity index (χ0n) is 15.4. The van der Waals surface area contributed by atoms with E-state index in [1.54, 1.807) is 0 Å². The van der Waals surface area contributed by atoms with E-state index in [1.165, 1.54) is 6.07 Å². The van der Waals surface area contributed by atoms with Crippen molar-refractivity contribution in [1.82, 2.24) is 15.5 Å². The molecule has 0 spiro atoms. The Labute approximate surface area is 181 Å². The number of benzene rings is 1. The molecular weight excluding hydrogens is 514 g/mol. The number of hydrogen-bond donors (Lipinski definition) is 2. The third-order valence-electron chi connectivity index (χ3n) is 4.22. The van der Waals surface area contributed by atoms with Crippen LogP contribution in [0.1, 0.15) is 19.4 Å². The highest BCUT2D eigenvalue weighted by Gasteiger charge is 2.16. The van der Waals surface area contributed by atoms with E-state index in [-0.39, 0.29) is 29.8 Å². The summed E-state index contributed by atoms with van der Waals surface area (Å²) < 4.78 is 19.2. The maximum absolute atomic E-state index is 13.3. The van der Waals surface area contributed by atoms with Crippen molar-refractivity contribution in [3.05, 3.63) is 34.1 Å². The first-order chi connectivity index (χ1) is 12.1. The summed E-state index contributed by atoms with van der Waals surface area (Å²) in [6, 6.07) is 5.52. The van der Waals surface area contributed by atoms with Crippen LogP contribution >= 0.6 is 39.9 Å². The molecule has 2 rings (SSSR count). The first-order valence-electron chi connectivity index (χ1n) is 8.88. The van der Waals surface area contributed by atoms with Crippen LogP contribution in [0.15, 0.2) is 27.7 Å². The largest absolute Gasteiger partial charge is 0.379 e. The summed E-state index contributed by atoms with van der Waals surface area (Å²) in [6.07, 6.45) is 0.808. The first kappa shape index (κ1) is 23.6. The molecule has 148 valence electrons. The number of halogens is 3. The first-order valence-corrected chi connectivity index (χ1v) is 9.67. The highest BCUT2D eigenvalue weighted by Crippen LogP contribution is 2.16. The van der Waals surface area contributed by atoms with Gasteiger partial charge in [0.25, 0.3) is 0 Å². The van der Waals surface area contributed by atoms with Crippen LogP contribution in [0.4, 0.5) is 4.39 Å². The number of hydrogen-bond acceptors (Lipinski definition) is 3. The predicted octanol–water partition coefficient (Wildman–Crippen LogP) is 3.02. The average molecular weight is 543 g/mol. The van der Waals surface area contributed by atoms with Crippen LogP contribution in [-0.2, 0) is 11.2 Å². The molecule has 0 aromatic heterocycles. The lowest BCUT2D eigenvalue weighted by molar-refractivity contribution is 0.0220. The summed E-state index contributed by atoms with van der Waals surface area (Å²) in [7, 11) is 0. The summed E-state index contributed by atoms with van der Waals surface area (Å²) in [4.78, 5) is 7.10. The van der Waals surface area contributed by atoms with Gasteiger partial charge >= 0.3 is 0 Å². The predicted molar refractivity (Wildman–Crippen MR) is 119 cm³/mol.